The third-order valence-electron chi connectivity index (χ3n) is 2.81. The number of anilines is 1. The van der Waals surface area contributed by atoms with Gasteiger partial charge in [-0.3, -0.25) is 9.69 Å². The van der Waals surface area contributed by atoms with E-state index in [1.165, 1.54) is 11.5 Å². The topological polar surface area (TPSA) is 70.2 Å². The highest BCUT2D eigenvalue weighted by Crippen LogP contribution is 2.19. The monoisotopic (exact) mass is 269 g/mol. The minimum atomic E-state index is 0.0961. The minimum Gasteiger partial charge on any atom is -0.374 e. The Bertz CT molecular complexity index is 395. The van der Waals surface area contributed by atoms with Crippen LogP contribution in [0.25, 0.3) is 0 Å². The van der Waals surface area contributed by atoms with Gasteiger partial charge in [0.15, 0.2) is 0 Å². The van der Waals surface area contributed by atoms with Gasteiger partial charge in [0.05, 0.1) is 6.54 Å². The molecule has 1 amide bonds. The van der Waals surface area contributed by atoms with Gasteiger partial charge in [0.2, 0.25) is 5.91 Å². The van der Waals surface area contributed by atoms with Crippen molar-refractivity contribution in [3.8, 4) is 0 Å². The molecule has 0 unspecified atom stereocenters. The first-order valence-electron chi connectivity index (χ1n) is 6.33. The highest BCUT2D eigenvalue weighted by molar-refractivity contribution is 7.10. The SMILES string of the molecule is CCCNc1snnc1CN1CCCNC(=O)C1. The van der Waals surface area contributed by atoms with Crippen molar-refractivity contribution in [3.05, 3.63) is 5.69 Å². The molecule has 0 spiro atoms. The van der Waals surface area contributed by atoms with Crippen LogP contribution >= 0.6 is 11.5 Å². The molecule has 1 aromatic rings. The predicted molar refractivity (Wildman–Crippen MR) is 71.6 cm³/mol. The lowest BCUT2D eigenvalue weighted by atomic mass is 10.3. The van der Waals surface area contributed by atoms with Crippen LogP contribution in [-0.2, 0) is 11.3 Å². The molecule has 1 aromatic heterocycles. The Hall–Kier alpha value is -1.21. The number of aromatic nitrogens is 2. The smallest absolute Gasteiger partial charge is 0.234 e. The molecular weight excluding hydrogens is 250 g/mol. The zero-order valence-electron chi connectivity index (χ0n) is 10.6. The molecule has 100 valence electrons. The van der Waals surface area contributed by atoms with E-state index in [1.807, 2.05) is 0 Å². The molecule has 0 aromatic carbocycles. The molecule has 0 radical (unpaired) electrons. The lowest BCUT2D eigenvalue weighted by molar-refractivity contribution is -0.121. The van der Waals surface area contributed by atoms with Crippen molar-refractivity contribution in [2.24, 2.45) is 0 Å². The third-order valence-corrected chi connectivity index (χ3v) is 3.53. The molecule has 1 aliphatic heterocycles. The van der Waals surface area contributed by atoms with Gasteiger partial charge in [-0.2, -0.15) is 0 Å². The Morgan fingerprint density at radius 2 is 2.44 bits per heavy atom. The summed E-state index contributed by atoms with van der Waals surface area (Å²) in [6, 6.07) is 0. The fraction of sp³-hybridized carbons (Fsp3) is 0.727. The zero-order valence-corrected chi connectivity index (χ0v) is 11.4. The number of hydrogen-bond acceptors (Lipinski definition) is 6. The van der Waals surface area contributed by atoms with Crippen LogP contribution in [0.1, 0.15) is 25.5 Å². The first-order chi connectivity index (χ1) is 8.79. The average Bonchev–Trinajstić information content (AvgIpc) is 2.68. The Labute approximate surface area is 111 Å². The van der Waals surface area contributed by atoms with Crippen molar-refractivity contribution in [3.63, 3.8) is 0 Å². The normalized spacial score (nSPS) is 17.3. The van der Waals surface area contributed by atoms with Crippen molar-refractivity contribution in [1.82, 2.24) is 19.8 Å². The van der Waals surface area contributed by atoms with E-state index in [2.05, 4.69) is 32.0 Å². The minimum absolute atomic E-state index is 0.0961. The summed E-state index contributed by atoms with van der Waals surface area (Å²) in [4.78, 5) is 13.6. The van der Waals surface area contributed by atoms with Gasteiger partial charge in [-0.15, -0.1) is 5.10 Å². The molecular formula is C11H19N5OS. The lowest BCUT2D eigenvalue weighted by Crippen LogP contribution is -2.32. The van der Waals surface area contributed by atoms with E-state index in [1.54, 1.807) is 0 Å². The molecule has 18 heavy (non-hydrogen) atoms. The Balaban J connectivity index is 1.95. The standard InChI is InChI=1S/C11H19N5OS/c1-2-4-13-11-9(14-15-18-11)7-16-6-3-5-12-10(17)8-16/h13H,2-8H2,1H3,(H,12,17). The van der Waals surface area contributed by atoms with Crippen molar-refractivity contribution in [2.45, 2.75) is 26.3 Å². The molecule has 7 heteroatoms. The van der Waals surface area contributed by atoms with Crippen molar-refractivity contribution >= 4 is 22.4 Å². The van der Waals surface area contributed by atoms with Crippen LogP contribution in [0.5, 0.6) is 0 Å². The molecule has 0 bridgehead atoms. The second-order valence-corrected chi connectivity index (χ2v) is 5.14. The summed E-state index contributed by atoms with van der Waals surface area (Å²) in [7, 11) is 0. The van der Waals surface area contributed by atoms with Crippen molar-refractivity contribution in [2.75, 3.05) is 31.5 Å². The van der Waals surface area contributed by atoms with E-state index in [0.29, 0.717) is 13.1 Å². The summed E-state index contributed by atoms with van der Waals surface area (Å²) < 4.78 is 3.98. The lowest BCUT2D eigenvalue weighted by Gasteiger charge is -2.17. The van der Waals surface area contributed by atoms with Gasteiger partial charge >= 0.3 is 0 Å². The number of carbonyl (C=O) groups excluding carboxylic acids is 1. The van der Waals surface area contributed by atoms with Gasteiger partial charge in [0.1, 0.15) is 10.7 Å². The second kappa shape index (κ2) is 6.65. The van der Waals surface area contributed by atoms with Gasteiger partial charge in [0.25, 0.3) is 0 Å². The van der Waals surface area contributed by atoms with E-state index >= 15 is 0 Å². The summed E-state index contributed by atoms with van der Waals surface area (Å²) in [6.45, 7) is 5.88. The van der Waals surface area contributed by atoms with Crippen LogP contribution in [-0.4, -0.2) is 46.6 Å². The molecule has 0 saturated carbocycles. The van der Waals surface area contributed by atoms with Crippen molar-refractivity contribution < 1.29 is 4.79 Å². The van der Waals surface area contributed by atoms with E-state index in [-0.39, 0.29) is 5.91 Å². The quantitative estimate of drug-likeness (QED) is 0.822. The highest BCUT2D eigenvalue weighted by Gasteiger charge is 2.17. The summed E-state index contributed by atoms with van der Waals surface area (Å²) in [6.07, 6.45) is 2.06. The number of amides is 1. The van der Waals surface area contributed by atoms with Crippen LogP contribution in [0.4, 0.5) is 5.00 Å². The van der Waals surface area contributed by atoms with Crippen LogP contribution in [0, 0.1) is 0 Å². The van der Waals surface area contributed by atoms with Crippen LogP contribution in [0.3, 0.4) is 0 Å². The van der Waals surface area contributed by atoms with Crippen LogP contribution in [0.15, 0.2) is 0 Å². The first kappa shape index (κ1) is 13.2. The molecule has 2 rings (SSSR count). The summed E-state index contributed by atoms with van der Waals surface area (Å²) in [5.41, 5.74) is 0.947. The Morgan fingerprint density at radius 1 is 1.56 bits per heavy atom. The summed E-state index contributed by atoms with van der Waals surface area (Å²) in [5, 5.41) is 11.4. The largest absolute Gasteiger partial charge is 0.374 e. The number of rotatable bonds is 5. The van der Waals surface area contributed by atoms with Crippen LogP contribution in [0.2, 0.25) is 0 Å². The van der Waals surface area contributed by atoms with E-state index < -0.39 is 0 Å². The maximum atomic E-state index is 11.5. The Morgan fingerprint density at radius 3 is 3.28 bits per heavy atom. The molecule has 2 N–H and O–H groups in total. The Kier molecular flexibility index (Phi) is 4.89. The van der Waals surface area contributed by atoms with Gasteiger partial charge in [0, 0.05) is 37.7 Å². The average molecular weight is 269 g/mol. The predicted octanol–water partition coefficient (Wildman–Crippen LogP) is 0.682. The number of nitrogens with one attached hydrogen (secondary N) is 2. The molecule has 1 fully saturated rings. The van der Waals surface area contributed by atoms with E-state index in [4.69, 9.17) is 0 Å². The molecule has 1 aliphatic rings. The van der Waals surface area contributed by atoms with Gasteiger partial charge < -0.3 is 10.6 Å². The second-order valence-electron chi connectivity index (χ2n) is 4.39. The third kappa shape index (κ3) is 3.64. The number of carbonyl (C=O) groups is 1. The zero-order chi connectivity index (χ0) is 12.8. The van der Waals surface area contributed by atoms with Gasteiger partial charge in [-0.25, -0.2) is 0 Å². The summed E-state index contributed by atoms with van der Waals surface area (Å²) >= 11 is 1.38. The highest BCUT2D eigenvalue weighted by atomic mass is 32.1. The maximum absolute atomic E-state index is 11.5. The first-order valence-corrected chi connectivity index (χ1v) is 7.11. The van der Waals surface area contributed by atoms with E-state index in [9.17, 15) is 4.79 Å². The van der Waals surface area contributed by atoms with Gasteiger partial charge in [-0.1, -0.05) is 11.4 Å². The molecule has 6 nitrogen and oxygen atoms in total. The van der Waals surface area contributed by atoms with Crippen LogP contribution < -0.4 is 10.6 Å². The number of hydrogen-bond donors (Lipinski definition) is 2. The number of nitrogens with zero attached hydrogens (tertiary/aromatic N) is 3. The van der Waals surface area contributed by atoms with Gasteiger partial charge in [-0.05, 0) is 12.8 Å². The van der Waals surface area contributed by atoms with Crippen molar-refractivity contribution in [1.29, 1.82) is 0 Å². The molecule has 0 aliphatic carbocycles. The summed E-state index contributed by atoms with van der Waals surface area (Å²) in [5.74, 6) is 0.0961. The molecule has 2 heterocycles. The van der Waals surface area contributed by atoms with E-state index in [0.717, 1.165) is 43.2 Å². The maximum Gasteiger partial charge on any atom is 0.234 e. The molecule has 1 saturated heterocycles. The molecule has 0 atom stereocenters. The fourth-order valence-electron chi connectivity index (χ4n) is 1.90. The fourth-order valence-corrected chi connectivity index (χ4v) is 2.50.